The summed E-state index contributed by atoms with van der Waals surface area (Å²) in [5, 5.41) is 17.1. The van der Waals surface area contributed by atoms with Crippen LogP contribution < -0.4 is 0 Å². The minimum absolute atomic E-state index is 0.159. The van der Waals surface area contributed by atoms with Crippen molar-refractivity contribution in [1.82, 2.24) is 14.8 Å². The number of aromatic amines is 1. The second-order valence-corrected chi connectivity index (χ2v) is 10.5. The van der Waals surface area contributed by atoms with Gasteiger partial charge in [-0.15, -0.1) is 0 Å². The summed E-state index contributed by atoms with van der Waals surface area (Å²) in [5.41, 5.74) is -0.0473. The van der Waals surface area contributed by atoms with E-state index in [4.69, 9.17) is 4.74 Å². The van der Waals surface area contributed by atoms with Crippen LogP contribution in [0.25, 0.3) is 27.5 Å². The van der Waals surface area contributed by atoms with Crippen molar-refractivity contribution in [2.45, 2.75) is 57.0 Å². The Morgan fingerprint density at radius 2 is 2.08 bits per heavy atom. The maximum Gasteiger partial charge on any atom is 0.341 e. The number of carboxylic acid groups (broad SMARTS) is 1. The van der Waals surface area contributed by atoms with Gasteiger partial charge in [0.1, 0.15) is 11.3 Å². The van der Waals surface area contributed by atoms with Gasteiger partial charge in [-0.2, -0.15) is 5.10 Å². The normalized spacial score (nSPS) is 20.6. The molecule has 6 nitrogen and oxygen atoms in total. The fraction of sp³-hybridized carbons (Fsp3) is 0.407. The molecular formula is C27H28F3N3O3. The molecule has 1 fully saturated rings. The zero-order valence-corrected chi connectivity index (χ0v) is 20.6. The lowest BCUT2D eigenvalue weighted by atomic mass is 9.81. The highest BCUT2D eigenvalue weighted by Gasteiger charge is 2.49. The number of nitrogens with one attached hydrogen (secondary N) is 1. The van der Waals surface area contributed by atoms with E-state index in [1.165, 1.54) is 12.3 Å². The van der Waals surface area contributed by atoms with E-state index in [2.05, 4.69) is 10.2 Å². The summed E-state index contributed by atoms with van der Waals surface area (Å²) in [5.74, 6) is -2.95. The monoisotopic (exact) mass is 499 g/mol. The number of hydrogen-bond donors (Lipinski definition) is 2. The van der Waals surface area contributed by atoms with Crippen molar-refractivity contribution in [3.8, 4) is 5.69 Å². The van der Waals surface area contributed by atoms with Crippen LogP contribution in [-0.4, -0.2) is 45.2 Å². The van der Waals surface area contributed by atoms with Gasteiger partial charge in [0, 0.05) is 34.7 Å². The van der Waals surface area contributed by atoms with Crippen molar-refractivity contribution in [3.05, 3.63) is 58.9 Å². The van der Waals surface area contributed by atoms with Gasteiger partial charge in [-0.25, -0.2) is 18.0 Å². The van der Waals surface area contributed by atoms with Crippen LogP contribution in [0.5, 0.6) is 0 Å². The van der Waals surface area contributed by atoms with Gasteiger partial charge in [-0.05, 0) is 67.5 Å². The molecule has 0 bridgehead atoms. The summed E-state index contributed by atoms with van der Waals surface area (Å²) in [6.45, 7) is 5.81. The molecule has 2 aromatic carbocycles. The third kappa shape index (κ3) is 3.59. The second kappa shape index (κ2) is 8.37. The molecule has 190 valence electrons. The van der Waals surface area contributed by atoms with Crippen LogP contribution in [0.4, 0.5) is 13.2 Å². The lowest BCUT2D eigenvalue weighted by molar-refractivity contribution is -0.150. The number of fused-ring (bicyclic) bond motifs is 2. The highest BCUT2D eigenvalue weighted by atomic mass is 19.1. The van der Waals surface area contributed by atoms with Gasteiger partial charge >= 0.3 is 5.97 Å². The number of carboxylic acids is 1. The first-order chi connectivity index (χ1) is 17.0. The Hall–Kier alpha value is -3.33. The molecule has 1 unspecified atom stereocenters. The number of aromatic nitrogens is 3. The number of H-pyrrole nitrogens is 1. The van der Waals surface area contributed by atoms with Crippen molar-refractivity contribution < 1.29 is 27.8 Å². The van der Waals surface area contributed by atoms with Crippen molar-refractivity contribution in [1.29, 1.82) is 0 Å². The molecule has 2 heterocycles. The number of aryl methyl sites for hydroxylation is 1. The molecule has 1 saturated carbocycles. The minimum Gasteiger partial charge on any atom is -0.479 e. The van der Waals surface area contributed by atoms with Gasteiger partial charge in [0.2, 0.25) is 5.67 Å². The molecule has 5 rings (SSSR count). The van der Waals surface area contributed by atoms with Crippen LogP contribution >= 0.6 is 0 Å². The number of aliphatic carboxylic acids is 1. The molecule has 4 aromatic rings. The van der Waals surface area contributed by atoms with Crippen molar-refractivity contribution in [2.75, 3.05) is 13.7 Å². The standard InChI is InChI=1S/C27H28F3N3O3/c1-14-9-17(5-6-18(14)28)33-19-10-16-12-31-32-23(16)22(29)21(19)20(24(33)26(2,3)13-36-4)15-7-8-27(30,11-15)25(34)35/h5-6,9-10,12,15H,7-8,11,13H2,1-4H3,(H,31,32)(H,34,35)/t15?,27-/m0/s1. The number of benzene rings is 2. The van der Waals surface area contributed by atoms with Crippen LogP contribution in [0.2, 0.25) is 0 Å². The Bertz CT molecular complexity index is 1510. The second-order valence-electron chi connectivity index (χ2n) is 10.5. The minimum atomic E-state index is -2.39. The quantitative estimate of drug-likeness (QED) is 0.337. The summed E-state index contributed by atoms with van der Waals surface area (Å²) in [6.07, 6.45) is 1.35. The fourth-order valence-electron chi connectivity index (χ4n) is 5.80. The third-order valence-electron chi connectivity index (χ3n) is 7.44. The van der Waals surface area contributed by atoms with Gasteiger partial charge in [0.05, 0.1) is 18.3 Å². The summed E-state index contributed by atoms with van der Waals surface area (Å²) in [7, 11) is 1.57. The summed E-state index contributed by atoms with van der Waals surface area (Å²) < 4.78 is 53.1. The van der Waals surface area contributed by atoms with Crippen LogP contribution in [0.3, 0.4) is 0 Å². The molecule has 2 N–H and O–H groups in total. The van der Waals surface area contributed by atoms with Gasteiger partial charge in [-0.1, -0.05) is 13.8 Å². The van der Waals surface area contributed by atoms with Crippen LogP contribution in [0.1, 0.15) is 55.8 Å². The molecule has 0 amide bonds. The van der Waals surface area contributed by atoms with Gasteiger partial charge in [0.15, 0.2) is 5.82 Å². The zero-order valence-electron chi connectivity index (χ0n) is 20.6. The number of ether oxygens (including phenoxy) is 1. The van der Waals surface area contributed by atoms with Crippen LogP contribution in [0, 0.1) is 18.6 Å². The molecule has 36 heavy (non-hydrogen) atoms. The Morgan fingerprint density at radius 1 is 1.33 bits per heavy atom. The molecule has 2 atom stereocenters. The lowest BCUT2D eigenvalue weighted by Gasteiger charge is -2.29. The maximum atomic E-state index is 16.2. The topological polar surface area (TPSA) is 80.1 Å². The Kier molecular flexibility index (Phi) is 5.66. The molecule has 0 saturated heterocycles. The first-order valence-corrected chi connectivity index (χ1v) is 11.9. The molecule has 0 radical (unpaired) electrons. The summed E-state index contributed by atoms with van der Waals surface area (Å²) in [6, 6.07) is 6.48. The smallest absolute Gasteiger partial charge is 0.341 e. The van der Waals surface area contributed by atoms with E-state index < -0.39 is 28.8 Å². The fourth-order valence-corrected chi connectivity index (χ4v) is 5.80. The van der Waals surface area contributed by atoms with Gasteiger partial charge in [-0.3, -0.25) is 5.10 Å². The largest absolute Gasteiger partial charge is 0.479 e. The number of carbonyl (C=O) groups is 1. The SMILES string of the molecule is COCC(C)(C)c1c(C2CC[C@@](F)(C(=O)O)C2)c2c(F)c3[nH]ncc3cc2n1-c1ccc(F)c(C)c1. The van der Waals surface area contributed by atoms with E-state index in [0.717, 1.165) is 0 Å². The van der Waals surface area contributed by atoms with Crippen LogP contribution in [0.15, 0.2) is 30.5 Å². The molecular weight excluding hydrogens is 471 g/mol. The highest BCUT2D eigenvalue weighted by Crippen LogP contribution is 2.51. The van der Waals surface area contributed by atoms with E-state index >= 15 is 8.78 Å². The van der Waals surface area contributed by atoms with Crippen molar-refractivity contribution >= 4 is 27.8 Å². The van der Waals surface area contributed by atoms with E-state index in [1.54, 1.807) is 32.2 Å². The average Bonchev–Trinajstić information content (AvgIpc) is 3.52. The number of nitrogens with zero attached hydrogens (tertiary/aromatic N) is 2. The molecule has 0 spiro atoms. The summed E-state index contributed by atoms with van der Waals surface area (Å²) in [4.78, 5) is 11.7. The first kappa shape index (κ1) is 24.4. The number of methoxy groups -OCH3 is 1. The number of rotatable bonds is 6. The van der Waals surface area contributed by atoms with E-state index in [9.17, 15) is 14.3 Å². The highest BCUT2D eigenvalue weighted by molar-refractivity contribution is 6.00. The zero-order chi connectivity index (χ0) is 26.0. The first-order valence-electron chi connectivity index (χ1n) is 11.9. The van der Waals surface area contributed by atoms with Gasteiger partial charge in [0.25, 0.3) is 0 Å². The maximum absolute atomic E-state index is 16.2. The lowest BCUT2D eigenvalue weighted by Crippen LogP contribution is -2.31. The Morgan fingerprint density at radius 3 is 2.72 bits per heavy atom. The van der Waals surface area contributed by atoms with E-state index in [1.807, 2.05) is 18.4 Å². The predicted molar refractivity (Wildman–Crippen MR) is 131 cm³/mol. The van der Waals surface area contributed by atoms with Gasteiger partial charge < -0.3 is 14.4 Å². The number of halogens is 3. The Balaban J connectivity index is 1.93. The third-order valence-corrected chi connectivity index (χ3v) is 7.44. The molecule has 1 aliphatic carbocycles. The van der Waals surface area contributed by atoms with Crippen molar-refractivity contribution in [3.63, 3.8) is 0 Å². The van der Waals surface area contributed by atoms with E-state index in [0.29, 0.717) is 33.4 Å². The van der Waals surface area contributed by atoms with E-state index in [-0.39, 0.29) is 42.6 Å². The Labute approximate surface area is 206 Å². The molecule has 2 aromatic heterocycles. The predicted octanol–water partition coefficient (Wildman–Crippen LogP) is 6.08. The molecule has 0 aliphatic heterocycles. The number of alkyl halides is 1. The van der Waals surface area contributed by atoms with Crippen LogP contribution in [-0.2, 0) is 14.9 Å². The molecule has 9 heteroatoms. The number of hydrogen-bond acceptors (Lipinski definition) is 3. The average molecular weight is 500 g/mol. The summed E-state index contributed by atoms with van der Waals surface area (Å²) >= 11 is 0. The van der Waals surface area contributed by atoms with Crippen molar-refractivity contribution in [2.24, 2.45) is 0 Å². The molecule has 1 aliphatic rings.